The van der Waals surface area contributed by atoms with Crippen LogP contribution >= 0.6 is 11.3 Å². The zero-order valence-corrected chi connectivity index (χ0v) is 35.2. The second kappa shape index (κ2) is 13.3. The molecule has 0 N–H and O–H groups in total. The fraction of sp³-hybridized carbons (Fsp3) is 0.172. The molecule has 2 saturated carbocycles. The van der Waals surface area contributed by atoms with Gasteiger partial charge in [-0.3, -0.25) is 0 Å². The summed E-state index contributed by atoms with van der Waals surface area (Å²) in [5.41, 5.74) is 16.3. The number of benzene rings is 8. The van der Waals surface area contributed by atoms with Crippen LogP contribution in [0.1, 0.15) is 66.8 Å². The summed E-state index contributed by atoms with van der Waals surface area (Å²) in [4.78, 5) is 5.01. The van der Waals surface area contributed by atoms with Gasteiger partial charge in [0, 0.05) is 37.2 Å². The number of hydrogen-bond acceptors (Lipinski definition) is 3. The van der Waals surface area contributed by atoms with Crippen molar-refractivity contribution in [2.45, 2.75) is 49.9 Å². The van der Waals surface area contributed by atoms with Gasteiger partial charge in [-0.25, -0.2) is 0 Å². The number of thiophene rings is 1. The van der Waals surface area contributed by atoms with Crippen LogP contribution in [0, 0.1) is 11.8 Å². The normalized spacial score (nSPS) is 20.4. The fourth-order valence-corrected chi connectivity index (χ4v) is 13.7. The second-order valence-corrected chi connectivity index (χ2v) is 19.5. The average molecular weight is 803 g/mol. The van der Waals surface area contributed by atoms with Crippen molar-refractivity contribution in [3.05, 3.63) is 216 Å². The van der Waals surface area contributed by atoms with E-state index in [0.717, 1.165) is 11.8 Å². The van der Waals surface area contributed by atoms with Crippen molar-refractivity contribution in [1.82, 2.24) is 0 Å². The Morgan fingerprint density at radius 3 is 1.89 bits per heavy atom. The van der Waals surface area contributed by atoms with Crippen molar-refractivity contribution < 1.29 is 0 Å². The summed E-state index contributed by atoms with van der Waals surface area (Å²) in [5.74, 6) is 1.76. The molecule has 1 aromatic heterocycles. The van der Waals surface area contributed by atoms with Crippen LogP contribution < -0.4 is 9.80 Å². The number of rotatable bonds is 5. The smallest absolute Gasteiger partial charge is 0.0754 e. The molecule has 2 bridgehead atoms. The summed E-state index contributed by atoms with van der Waals surface area (Å²) >= 11 is 1.89. The first-order chi connectivity index (χ1) is 30.1. The summed E-state index contributed by atoms with van der Waals surface area (Å²) < 4.78 is 2.64. The predicted molar refractivity (Wildman–Crippen MR) is 257 cm³/mol. The van der Waals surface area contributed by atoms with Crippen LogP contribution in [0.15, 0.2) is 188 Å². The highest BCUT2D eigenvalue weighted by Gasteiger charge is 2.52. The van der Waals surface area contributed by atoms with Crippen LogP contribution in [0.3, 0.4) is 0 Å². The van der Waals surface area contributed by atoms with Gasteiger partial charge in [-0.15, -0.1) is 11.3 Å². The van der Waals surface area contributed by atoms with Gasteiger partial charge in [0.2, 0.25) is 0 Å². The minimum Gasteiger partial charge on any atom is -0.310 e. The van der Waals surface area contributed by atoms with E-state index >= 15 is 0 Å². The Labute approximate surface area is 362 Å². The van der Waals surface area contributed by atoms with Crippen LogP contribution in [0.2, 0.25) is 0 Å². The molecule has 0 unspecified atom stereocenters. The summed E-state index contributed by atoms with van der Waals surface area (Å²) in [6, 6.07) is 71.2. The Balaban J connectivity index is 1.03. The van der Waals surface area contributed by atoms with Crippen molar-refractivity contribution in [2.24, 2.45) is 11.8 Å². The summed E-state index contributed by atoms with van der Waals surface area (Å²) in [5, 5.41) is 2.63. The molecule has 3 heteroatoms. The molecule has 9 aromatic rings. The molecule has 2 fully saturated rings. The van der Waals surface area contributed by atoms with Gasteiger partial charge in [0.15, 0.2) is 0 Å². The van der Waals surface area contributed by atoms with Gasteiger partial charge in [0.25, 0.3) is 0 Å². The van der Waals surface area contributed by atoms with Crippen LogP contribution in [0.4, 0.5) is 34.1 Å². The first kappa shape index (κ1) is 35.3. The fourth-order valence-electron chi connectivity index (χ4n) is 12.6. The third-order valence-corrected chi connectivity index (χ3v) is 16.1. The molecule has 4 aliphatic rings. The molecule has 2 atom stereocenters. The predicted octanol–water partition coefficient (Wildman–Crippen LogP) is 16.1. The van der Waals surface area contributed by atoms with E-state index in [1.807, 2.05) is 11.3 Å². The van der Waals surface area contributed by atoms with Crippen LogP contribution in [-0.4, -0.2) is 0 Å². The average Bonchev–Trinajstić information content (AvgIpc) is 3.96. The van der Waals surface area contributed by atoms with Crippen molar-refractivity contribution in [1.29, 1.82) is 0 Å². The molecule has 294 valence electrons. The third-order valence-electron chi connectivity index (χ3n) is 15.0. The maximum absolute atomic E-state index is 2.55. The lowest BCUT2D eigenvalue weighted by Crippen LogP contribution is -2.36. The maximum Gasteiger partial charge on any atom is 0.0754 e. The number of fused-ring (bicyclic) bond motifs is 14. The third kappa shape index (κ3) is 5.08. The van der Waals surface area contributed by atoms with E-state index in [4.69, 9.17) is 0 Å². The number of para-hydroxylation sites is 3. The molecular weight excluding hydrogens is 757 g/mol. The summed E-state index contributed by atoms with van der Waals surface area (Å²) in [6.07, 6.45) is 6.89. The van der Waals surface area contributed by atoms with Crippen molar-refractivity contribution in [2.75, 3.05) is 9.80 Å². The van der Waals surface area contributed by atoms with Gasteiger partial charge < -0.3 is 9.80 Å². The Bertz CT molecular complexity index is 3120. The Hall–Kier alpha value is -6.42. The first-order valence-electron chi connectivity index (χ1n) is 22.2. The van der Waals surface area contributed by atoms with Gasteiger partial charge >= 0.3 is 0 Å². The molecule has 2 heterocycles. The van der Waals surface area contributed by atoms with Gasteiger partial charge in [0.05, 0.1) is 22.5 Å². The van der Waals surface area contributed by atoms with Crippen LogP contribution in [0.25, 0.3) is 31.3 Å². The first-order valence-corrected chi connectivity index (χ1v) is 23.0. The van der Waals surface area contributed by atoms with E-state index in [1.54, 1.807) is 0 Å². The van der Waals surface area contributed by atoms with E-state index in [0.29, 0.717) is 0 Å². The summed E-state index contributed by atoms with van der Waals surface area (Å²) in [7, 11) is 0. The topological polar surface area (TPSA) is 6.48 Å². The highest BCUT2D eigenvalue weighted by atomic mass is 32.1. The highest BCUT2D eigenvalue weighted by Crippen LogP contribution is 2.64. The second-order valence-electron chi connectivity index (χ2n) is 18.4. The molecule has 1 aliphatic heterocycles. The minimum absolute atomic E-state index is 0.241. The van der Waals surface area contributed by atoms with E-state index < -0.39 is 5.41 Å². The monoisotopic (exact) mass is 802 g/mol. The Morgan fingerprint density at radius 1 is 0.525 bits per heavy atom. The zero-order valence-electron chi connectivity index (χ0n) is 34.4. The van der Waals surface area contributed by atoms with Gasteiger partial charge in [-0.2, -0.15) is 0 Å². The number of nitrogens with zero attached hydrogens (tertiary/aromatic N) is 2. The SMILES string of the molecule is CC1(c2ccc(N(c3ccc4c(c3)-c3ccccc3C43c4ccccc4N(c4ccccc4)c4ccccc43)c3cccc4sc5ccccc5c34)cc2)C[C@H]2CC[C@@H](C2)C1. The Morgan fingerprint density at radius 2 is 1.13 bits per heavy atom. The number of hydrogen-bond donors (Lipinski definition) is 0. The standard InChI is InChI=1S/C58H46N2S/c1-57(36-38-26-27-39(34-38)37-57)40-28-30-42(31-29-40)59(53-23-13-25-55-56(53)45-17-6-12-24-54(45)61-55)43-32-33-48-46(35-43)44-16-5-7-18-47(44)58(48)49-19-8-10-21-51(49)60(41-14-3-2-4-15-41)52-22-11-9-20-50(52)58/h2-25,28-33,35,38-39H,26-27,34,36-37H2,1H3/t38-,39-/m0/s1. The molecule has 3 aliphatic carbocycles. The Kier molecular flexibility index (Phi) is 7.70. The molecule has 8 aromatic carbocycles. The van der Waals surface area contributed by atoms with Crippen LogP contribution in [0.5, 0.6) is 0 Å². The lowest BCUT2D eigenvalue weighted by atomic mass is 9.64. The molecular formula is C58H46N2S. The van der Waals surface area contributed by atoms with Crippen molar-refractivity contribution in [3.63, 3.8) is 0 Å². The zero-order chi connectivity index (χ0) is 40.3. The van der Waals surface area contributed by atoms with Crippen molar-refractivity contribution >= 4 is 65.6 Å². The van der Waals surface area contributed by atoms with Gasteiger partial charge in [-0.05, 0) is 142 Å². The van der Waals surface area contributed by atoms with E-state index in [2.05, 4.69) is 205 Å². The van der Waals surface area contributed by atoms with Gasteiger partial charge in [-0.1, -0.05) is 141 Å². The number of anilines is 6. The van der Waals surface area contributed by atoms with Crippen molar-refractivity contribution in [3.8, 4) is 11.1 Å². The lowest BCUT2D eigenvalue weighted by Gasteiger charge is -2.45. The molecule has 2 nitrogen and oxygen atoms in total. The van der Waals surface area contributed by atoms with Gasteiger partial charge in [0.1, 0.15) is 0 Å². The molecule has 13 rings (SSSR count). The molecule has 0 saturated heterocycles. The largest absolute Gasteiger partial charge is 0.310 e. The lowest BCUT2D eigenvalue weighted by molar-refractivity contribution is 0.232. The van der Waals surface area contributed by atoms with E-state index in [9.17, 15) is 0 Å². The van der Waals surface area contributed by atoms with E-state index in [1.165, 1.54) is 125 Å². The summed E-state index contributed by atoms with van der Waals surface area (Å²) in [6.45, 7) is 2.54. The van der Waals surface area contributed by atoms with E-state index in [-0.39, 0.29) is 5.41 Å². The molecule has 1 spiro atoms. The molecule has 61 heavy (non-hydrogen) atoms. The minimum atomic E-state index is -0.492. The molecule has 0 radical (unpaired) electrons. The highest BCUT2D eigenvalue weighted by molar-refractivity contribution is 7.26. The maximum atomic E-state index is 2.55. The van der Waals surface area contributed by atoms with Crippen LogP contribution in [-0.2, 0) is 10.8 Å². The quantitative estimate of drug-likeness (QED) is 0.171. The molecule has 0 amide bonds.